The SMILES string of the molecule is Cc1ccc(S(=O)(=O)n2cccc2C[C@H](NC(=O)OCc2ccccc2)C(=O)OC(C)(C)C)cc1. The van der Waals surface area contributed by atoms with Gasteiger partial charge in [-0.25, -0.2) is 22.0 Å². The predicted octanol–water partition coefficient (Wildman–Crippen LogP) is 4.21. The van der Waals surface area contributed by atoms with Gasteiger partial charge in [0.25, 0.3) is 10.0 Å². The third-order valence-electron chi connectivity index (χ3n) is 4.98. The van der Waals surface area contributed by atoms with E-state index >= 15 is 0 Å². The highest BCUT2D eigenvalue weighted by Gasteiger charge is 2.30. The Hall–Kier alpha value is -3.59. The van der Waals surface area contributed by atoms with Crippen LogP contribution in [0.15, 0.2) is 77.8 Å². The summed E-state index contributed by atoms with van der Waals surface area (Å²) in [7, 11) is -3.90. The van der Waals surface area contributed by atoms with Gasteiger partial charge in [0.05, 0.1) is 4.90 Å². The molecule has 1 atom stereocenters. The Morgan fingerprint density at radius 1 is 0.971 bits per heavy atom. The molecule has 9 heteroatoms. The van der Waals surface area contributed by atoms with Crippen LogP contribution in [-0.2, 0) is 37.3 Å². The van der Waals surface area contributed by atoms with Crippen molar-refractivity contribution in [3.05, 3.63) is 89.7 Å². The topological polar surface area (TPSA) is 104 Å². The van der Waals surface area contributed by atoms with Crippen LogP contribution in [0, 0.1) is 6.92 Å². The van der Waals surface area contributed by atoms with Crippen LogP contribution in [0.4, 0.5) is 4.79 Å². The summed E-state index contributed by atoms with van der Waals surface area (Å²) in [6, 6.07) is 17.6. The minimum absolute atomic E-state index is 0.0197. The quantitative estimate of drug-likeness (QED) is 0.467. The van der Waals surface area contributed by atoms with Gasteiger partial charge in [0.2, 0.25) is 0 Å². The molecule has 35 heavy (non-hydrogen) atoms. The molecule has 0 fully saturated rings. The maximum atomic E-state index is 13.2. The molecule has 1 aromatic heterocycles. The Morgan fingerprint density at radius 2 is 1.63 bits per heavy atom. The highest BCUT2D eigenvalue weighted by atomic mass is 32.2. The first-order valence-electron chi connectivity index (χ1n) is 11.1. The molecule has 0 aliphatic rings. The molecule has 0 saturated carbocycles. The highest BCUT2D eigenvalue weighted by Crippen LogP contribution is 2.19. The van der Waals surface area contributed by atoms with Gasteiger partial charge in [0.1, 0.15) is 18.2 Å². The zero-order valence-electron chi connectivity index (χ0n) is 20.2. The molecule has 0 spiro atoms. The summed E-state index contributed by atoms with van der Waals surface area (Å²) in [6.07, 6.45) is 0.474. The number of carbonyl (C=O) groups excluding carboxylic acids is 2. The fourth-order valence-corrected chi connectivity index (χ4v) is 4.68. The molecule has 0 radical (unpaired) electrons. The zero-order chi connectivity index (χ0) is 25.6. The highest BCUT2D eigenvalue weighted by molar-refractivity contribution is 7.90. The number of ether oxygens (including phenoxy) is 2. The smallest absolute Gasteiger partial charge is 0.408 e. The first kappa shape index (κ1) is 26.0. The Morgan fingerprint density at radius 3 is 2.26 bits per heavy atom. The Labute approximate surface area is 205 Å². The molecule has 186 valence electrons. The second kappa shape index (κ2) is 10.8. The summed E-state index contributed by atoms with van der Waals surface area (Å²) >= 11 is 0. The maximum Gasteiger partial charge on any atom is 0.408 e. The van der Waals surface area contributed by atoms with Crippen LogP contribution in [0.3, 0.4) is 0 Å². The van der Waals surface area contributed by atoms with Crippen molar-refractivity contribution < 1.29 is 27.5 Å². The largest absolute Gasteiger partial charge is 0.458 e. The van der Waals surface area contributed by atoms with Crippen molar-refractivity contribution >= 4 is 22.1 Å². The normalized spacial score (nSPS) is 12.6. The number of alkyl carbamates (subject to hydrolysis) is 1. The molecular weight excluding hydrogens is 468 g/mol. The van der Waals surface area contributed by atoms with Crippen LogP contribution in [-0.4, -0.2) is 36.1 Å². The van der Waals surface area contributed by atoms with E-state index in [4.69, 9.17) is 9.47 Å². The number of nitrogens with one attached hydrogen (secondary N) is 1. The Kier molecular flexibility index (Phi) is 8.01. The van der Waals surface area contributed by atoms with Gasteiger partial charge >= 0.3 is 12.1 Å². The summed E-state index contributed by atoms with van der Waals surface area (Å²) < 4.78 is 38.3. The fourth-order valence-electron chi connectivity index (χ4n) is 3.30. The van der Waals surface area contributed by atoms with Crippen molar-refractivity contribution in [3.63, 3.8) is 0 Å². The number of rotatable bonds is 8. The number of benzene rings is 2. The Bertz CT molecular complexity index is 1260. The molecule has 3 rings (SSSR count). The molecule has 0 unspecified atom stereocenters. The second-order valence-electron chi connectivity index (χ2n) is 9.11. The van der Waals surface area contributed by atoms with Crippen molar-refractivity contribution in [2.75, 3.05) is 0 Å². The van der Waals surface area contributed by atoms with E-state index in [0.717, 1.165) is 15.1 Å². The lowest BCUT2D eigenvalue weighted by atomic mass is 10.1. The van der Waals surface area contributed by atoms with E-state index in [1.54, 1.807) is 57.2 Å². The molecule has 3 aromatic rings. The molecule has 1 heterocycles. The number of carbonyl (C=O) groups is 2. The summed E-state index contributed by atoms with van der Waals surface area (Å²) in [5, 5.41) is 2.53. The first-order valence-corrected chi connectivity index (χ1v) is 12.6. The summed E-state index contributed by atoms with van der Waals surface area (Å²) in [4.78, 5) is 25.5. The zero-order valence-corrected chi connectivity index (χ0v) is 21.0. The summed E-state index contributed by atoms with van der Waals surface area (Å²) in [5.41, 5.74) is 1.22. The summed E-state index contributed by atoms with van der Waals surface area (Å²) in [5.74, 6) is -0.699. The molecule has 2 aromatic carbocycles. The van der Waals surface area contributed by atoms with Gasteiger partial charge < -0.3 is 14.8 Å². The number of aromatic nitrogens is 1. The van der Waals surface area contributed by atoms with E-state index in [9.17, 15) is 18.0 Å². The van der Waals surface area contributed by atoms with E-state index in [1.807, 2.05) is 25.1 Å². The first-order chi connectivity index (χ1) is 16.5. The lowest BCUT2D eigenvalue weighted by Crippen LogP contribution is -2.46. The van der Waals surface area contributed by atoms with E-state index in [-0.39, 0.29) is 17.9 Å². The molecule has 0 saturated heterocycles. The second-order valence-corrected chi connectivity index (χ2v) is 10.9. The lowest BCUT2D eigenvalue weighted by molar-refractivity contribution is -0.157. The molecule has 0 bridgehead atoms. The number of esters is 1. The number of hydrogen-bond acceptors (Lipinski definition) is 6. The molecule has 8 nitrogen and oxygen atoms in total. The molecule has 0 aliphatic carbocycles. The van der Waals surface area contributed by atoms with E-state index < -0.39 is 33.7 Å². The minimum Gasteiger partial charge on any atom is -0.458 e. The number of hydrogen-bond donors (Lipinski definition) is 1. The van der Waals surface area contributed by atoms with Crippen LogP contribution in [0.1, 0.15) is 37.6 Å². The van der Waals surface area contributed by atoms with Crippen LogP contribution >= 0.6 is 0 Å². The van der Waals surface area contributed by atoms with Crippen LogP contribution < -0.4 is 5.32 Å². The van der Waals surface area contributed by atoms with Gasteiger partial charge in [-0.05, 0) is 57.5 Å². The monoisotopic (exact) mass is 498 g/mol. The summed E-state index contributed by atoms with van der Waals surface area (Å²) in [6.45, 7) is 7.01. The van der Waals surface area contributed by atoms with Crippen LogP contribution in [0.2, 0.25) is 0 Å². The standard InChI is InChI=1S/C26H30N2O6S/c1-19-12-14-22(15-13-19)35(31,32)28-16-8-11-21(28)17-23(24(29)34-26(2,3)4)27-25(30)33-18-20-9-6-5-7-10-20/h5-16,23H,17-18H2,1-4H3,(H,27,30)/t23-/m0/s1. The van der Waals surface area contributed by atoms with E-state index in [2.05, 4.69) is 5.32 Å². The van der Waals surface area contributed by atoms with Crippen molar-refractivity contribution in [2.24, 2.45) is 0 Å². The molecule has 1 N–H and O–H groups in total. The van der Waals surface area contributed by atoms with Crippen molar-refractivity contribution in [1.29, 1.82) is 0 Å². The third kappa shape index (κ3) is 7.19. The van der Waals surface area contributed by atoms with E-state index in [0.29, 0.717) is 5.69 Å². The minimum atomic E-state index is -3.90. The number of amides is 1. The van der Waals surface area contributed by atoms with Gasteiger partial charge in [-0.1, -0.05) is 48.0 Å². The van der Waals surface area contributed by atoms with Crippen LogP contribution in [0.25, 0.3) is 0 Å². The van der Waals surface area contributed by atoms with Crippen molar-refractivity contribution in [2.45, 2.75) is 57.3 Å². The molecule has 1 amide bonds. The number of aryl methyl sites for hydroxylation is 1. The maximum absolute atomic E-state index is 13.2. The number of nitrogens with zero attached hydrogens (tertiary/aromatic N) is 1. The van der Waals surface area contributed by atoms with Crippen molar-refractivity contribution in [1.82, 2.24) is 9.29 Å². The predicted molar refractivity (Wildman–Crippen MR) is 131 cm³/mol. The molecular formula is C26H30N2O6S. The molecule has 0 aliphatic heterocycles. The Balaban J connectivity index is 1.81. The van der Waals surface area contributed by atoms with Gasteiger partial charge in [-0.2, -0.15) is 0 Å². The average Bonchev–Trinajstić information content (AvgIpc) is 3.26. The van der Waals surface area contributed by atoms with Gasteiger partial charge in [0.15, 0.2) is 0 Å². The van der Waals surface area contributed by atoms with Gasteiger partial charge in [0, 0.05) is 18.3 Å². The van der Waals surface area contributed by atoms with Crippen LogP contribution in [0.5, 0.6) is 0 Å². The van der Waals surface area contributed by atoms with Gasteiger partial charge in [-0.15, -0.1) is 0 Å². The average molecular weight is 499 g/mol. The third-order valence-corrected chi connectivity index (χ3v) is 6.72. The van der Waals surface area contributed by atoms with Crippen molar-refractivity contribution in [3.8, 4) is 0 Å². The van der Waals surface area contributed by atoms with E-state index in [1.165, 1.54) is 18.3 Å². The fraction of sp³-hybridized carbons (Fsp3) is 0.308. The lowest BCUT2D eigenvalue weighted by Gasteiger charge is -2.24. The van der Waals surface area contributed by atoms with Gasteiger partial charge in [-0.3, -0.25) is 0 Å².